The van der Waals surface area contributed by atoms with Crippen LogP contribution in [0.4, 0.5) is 0 Å². The number of benzene rings is 2. The van der Waals surface area contributed by atoms with Gasteiger partial charge in [0.25, 0.3) is 11.8 Å². The molecule has 26 heavy (non-hydrogen) atoms. The van der Waals surface area contributed by atoms with Gasteiger partial charge in [-0.15, -0.1) is 0 Å². The topological polar surface area (TPSA) is 66.5 Å². The molecule has 5 nitrogen and oxygen atoms in total. The van der Waals surface area contributed by atoms with Crippen molar-refractivity contribution in [1.29, 1.82) is 0 Å². The van der Waals surface area contributed by atoms with Crippen LogP contribution in [0.15, 0.2) is 51.4 Å². The maximum absolute atomic E-state index is 12.4. The van der Waals surface area contributed by atoms with Gasteiger partial charge in [-0.05, 0) is 42.8 Å². The lowest BCUT2D eigenvalue weighted by Crippen LogP contribution is -2.35. The molecule has 0 aliphatic carbocycles. The first-order chi connectivity index (χ1) is 12.4. The molecule has 1 N–H and O–H groups in total. The predicted molar refractivity (Wildman–Crippen MR) is 105 cm³/mol. The molecule has 3 amide bonds. The zero-order chi connectivity index (χ0) is 18.8. The third-order valence-corrected chi connectivity index (χ3v) is 5.21. The van der Waals surface area contributed by atoms with E-state index < -0.39 is 0 Å². The number of carbonyl (C=O) groups is 3. The summed E-state index contributed by atoms with van der Waals surface area (Å²) in [6.45, 7) is 1.94. The van der Waals surface area contributed by atoms with Crippen LogP contribution in [0.2, 0.25) is 0 Å². The summed E-state index contributed by atoms with van der Waals surface area (Å²) >= 11 is 6.71. The molecule has 1 atom stereocenters. The molecule has 0 bridgehead atoms. The van der Waals surface area contributed by atoms with E-state index >= 15 is 0 Å². The molecule has 0 fully saturated rings. The highest BCUT2D eigenvalue weighted by molar-refractivity contribution is 9.10. The first kappa shape index (κ1) is 18.8. The van der Waals surface area contributed by atoms with Crippen LogP contribution in [0.1, 0.15) is 45.7 Å². The van der Waals surface area contributed by atoms with Crippen molar-refractivity contribution < 1.29 is 14.4 Å². The van der Waals surface area contributed by atoms with Crippen LogP contribution < -0.4 is 5.32 Å². The average molecular weight is 480 g/mol. The van der Waals surface area contributed by atoms with E-state index in [4.69, 9.17) is 0 Å². The fourth-order valence-electron chi connectivity index (χ4n) is 2.85. The van der Waals surface area contributed by atoms with E-state index in [1.807, 2.05) is 31.2 Å². The molecule has 3 rings (SSSR count). The van der Waals surface area contributed by atoms with E-state index in [-0.39, 0.29) is 36.7 Å². The number of amides is 3. The van der Waals surface area contributed by atoms with Crippen molar-refractivity contribution in [3.63, 3.8) is 0 Å². The first-order valence-electron chi connectivity index (χ1n) is 8.07. The molecule has 2 aromatic rings. The summed E-state index contributed by atoms with van der Waals surface area (Å²) in [6, 6.07) is 12.5. The Morgan fingerprint density at radius 2 is 1.73 bits per heavy atom. The number of carbonyl (C=O) groups excluding carboxylic acids is 3. The number of nitrogens with one attached hydrogen (secondary N) is 1. The summed E-state index contributed by atoms with van der Waals surface area (Å²) in [5.74, 6) is -0.931. The molecule has 1 aliphatic rings. The maximum Gasteiger partial charge on any atom is 0.261 e. The van der Waals surface area contributed by atoms with Crippen molar-refractivity contribution in [3.05, 3.63) is 68.1 Å². The highest BCUT2D eigenvalue weighted by Crippen LogP contribution is 2.26. The molecule has 0 saturated heterocycles. The molecule has 134 valence electrons. The maximum atomic E-state index is 12.4. The molecule has 0 saturated carbocycles. The van der Waals surface area contributed by atoms with Gasteiger partial charge < -0.3 is 5.32 Å². The van der Waals surface area contributed by atoms with E-state index in [1.54, 1.807) is 18.2 Å². The molecule has 7 heteroatoms. The van der Waals surface area contributed by atoms with Gasteiger partial charge in [-0.25, -0.2) is 0 Å². The third-order valence-electron chi connectivity index (χ3n) is 4.22. The number of nitrogens with zero attached hydrogens (tertiary/aromatic N) is 1. The van der Waals surface area contributed by atoms with Gasteiger partial charge in [0.2, 0.25) is 5.91 Å². The second kappa shape index (κ2) is 7.72. The Morgan fingerprint density at radius 3 is 2.46 bits per heavy atom. The van der Waals surface area contributed by atoms with Gasteiger partial charge in [-0.1, -0.05) is 44.0 Å². The monoisotopic (exact) mass is 478 g/mol. The Kier molecular flexibility index (Phi) is 5.58. The molecule has 2 aromatic carbocycles. The average Bonchev–Trinajstić information content (AvgIpc) is 2.83. The quantitative estimate of drug-likeness (QED) is 0.657. The molecular weight excluding hydrogens is 464 g/mol. The van der Waals surface area contributed by atoms with E-state index in [9.17, 15) is 14.4 Å². The lowest BCUT2D eigenvalue weighted by molar-refractivity contribution is -0.121. The SMILES string of the molecule is CC(NC(=O)CCN1C(=O)c2ccc(Br)cc2C1=O)c1cccc(Br)c1. The molecule has 1 heterocycles. The Bertz CT molecular complexity index is 898. The van der Waals surface area contributed by atoms with Crippen LogP contribution in [-0.2, 0) is 4.79 Å². The number of hydrogen-bond donors (Lipinski definition) is 1. The van der Waals surface area contributed by atoms with Crippen LogP contribution in [0.25, 0.3) is 0 Å². The Hall–Kier alpha value is -1.99. The summed E-state index contributed by atoms with van der Waals surface area (Å²) in [4.78, 5) is 38.1. The predicted octanol–water partition coefficient (Wildman–Crippen LogP) is 4.08. The third kappa shape index (κ3) is 3.88. The molecule has 0 aromatic heterocycles. The molecule has 1 unspecified atom stereocenters. The highest BCUT2D eigenvalue weighted by Gasteiger charge is 2.35. The summed E-state index contributed by atoms with van der Waals surface area (Å²) < 4.78 is 1.67. The summed E-state index contributed by atoms with van der Waals surface area (Å²) in [5.41, 5.74) is 1.71. The second-order valence-electron chi connectivity index (χ2n) is 6.05. The van der Waals surface area contributed by atoms with Gasteiger partial charge in [-0.3, -0.25) is 19.3 Å². The van der Waals surface area contributed by atoms with Crippen LogP contribution in [0.5, 0.6) is 0 Å². The summed E-state index contributed by atoms with van der Waals surface area (Å²) in [6.07, 6.45) is 0.0605. The van der Waals surface area contributed by atoms with Crippen LogP contribution in [-0.4, -0.2) is 29.2 Å². The largest absolute Gasteiger partial charge is 0.350 e. The highest BCUT2D eigenvalue weighted by atomic mass is 79.9. The number of rotatable bonds is 5. The lowest BCUT2D eigenvalue weighted by Gasteiger charge is -2.17. The second-order valence-corrected chi connectivity index (χ2v) is 7.88. The molecule has 0 spiro atoms. The van der Waals surface area contributed by atoms with Crippen molar-refractivity contribution in [3.8, 4) is 0 Å². The zero-order valence-corrected chi connectivity index (χ0v) is 17.1. The Balaban J connectivity index is 1.60. The van der Waals surface area contributed by atoms with Gasteiger partial charge in [0, 0.05) is 21.9 Å². The summed E-state index contributed by atoms with van der Waals surface area (Å²) in [5, 5.41) is 2.89. The van der Waals surface area contributed by atoms with Crippen molar-refractivity contribution in [2.75, 3.05) is 6.54 Å². The van der Waals surface area contributed by atoms with Crippen LogP contribution in [0.3, 0.4) is 0 Å². The Morgan fingerprint density at radius 1 is 1.04 bits per heavy atom. The minimum Gasteiger partial charge on any atom is -0.350 e. The van der Waals surface area contributed by atoms with Crippen molar-refractivity contribution in [1.82, 2.24) is 10.2 Å². The van der Waals surface area contributed by atoms with Crippen molar-refractivity contribution >= 4 is 49.6 Å². The normalized spacial score (nSPS) is 14.3. The fraction of sp³-hybridized carbons (Fsp3) is 0.211. The van der Waals surface area contributed by atoms with Gasteiger partial charge in [0.05, 0.1) is 17.2 Å². The van der Waals surface area contributed by atoms with Gasteiger partial charge in [-0.2, -0.15) is 0 Å². The Labute approximate surface area is 168 Å². The van der Waals surface area contributed by atoms with E-state index in [1.165, 1.54) is 0 Å². The minimum absolute atomic E-state index is 0.0566. The smallest absolute Gasteiger partial charge is 0.261 e. The minimum atomic E-state index is -0.362. The zero-order valence-electron chi connectivity index (χ0n) is 14.0. The standard InChI is InChI=1S/C19H16Br2N2O3/c1-11(12-3-2-4-13(20)9-12)22-17(24)7-8-23-18(25)15-6-5-14(21)10-16(15)19(23)26/h2-6,9-11H,7-8H2,1H3,(H,22,24). The van der Waals surface area contributed by atoms with Crippen molar-refractivity contribution in [2.45, 2.75) is 19.4 Å². The van der Waals surface area contributed by atoms with Crippen LogP contribution in [0, 0.1) is 0 Å². The lowest BCUT2D eigenvalue weighted by atomic mass is 10.1. The summed E-state index contributed by atoms with van der Waals surface area (Å²) in [7, 11) is 0. The molecule has 0 radical (unpaired) electrons. The van der Waals surface area contributed by atoms with Crippen LogP contribution >= 0.6 is 31.9 Å². The fourth-order valence-corrected chi connectivity index (χ4v) is 3.63. The van der Waals surface area contributed by atoms with E-state index in [0.717, 1.165) is 19.4 Å². The van der Waals surface area contributed by atoms with Gasteiger partial charge >= 0.3 is 0 Å². The molecular formula is C19H16Br2N2O3. The number of halogens is 2. The number of hydrogen-bond acceptors (Lipinski definition) is 3. The van der Waals surface area contributed by atoms with Gasteiger partial charge in [0.15, 0.2) is 0 Å². The number of fused-ring (bicyclic) bond motifs is 1. The van der Waals surface area contributed by atoms with E-state index in [0.29, 0.717) is 11.1 Å². The first-order valence-corrected chi connectivity index (χ1v) is 9.66. The number of imide groups is 1. The van der Waals surface area contributed by atoms with Gasteiger partial charge in [0.1, 0.15) is 0 Å². The van der Waals surface area contributed by atoms with E-state index in [2.05, 4.69) is 37.2 Å². The molecule has 1 aliphatic heterocycles. The van der Waals surface area contributed by atoms with Crippen molar-refractivity contribution in [2.24, 2.45) is 0 Å².